The second-order valence-electron chi connectivity index (χ2n) is 7.83. The summed E-state index contributed by atoms with van der Waals surface area (Å²) < 4.78 is 14.7. The van der Waals surface area contributed by atoms with Crippen LogP contribution in [-0.4, -0.2) is 15.3 Å². The van der Waals surface area contributed by atoms with E-state index in [9.17, 15) is 9.18 Å². The van der Waals surface area contributed by atoms with E-state index in [4.69, 9.17) is 0 Å². The quantitative estimate of drug-likeness (QED) is 0.511. The number of hydrogen-bond acceptors (Lipinski definition) is 4. The van der Waals surface area contributed by atoms with E-state index >= 15 is 0 Å². The number of nitrogens with zero attached hydrogens (tertiary/aromatic N) is 3. The lowest BCUT2D eigenvalue weighted by molar-refractivity contribution is 0.555. The summed E-state index contributed by atoms with van der Waals surface area (Å²) in [6.45, 7) is 8.00. The fourth-order valence-electron chi connectivity index (χ4n) is 3.82. The molecule has 2 heterocycles. The minimum Gasteiger partial charge on any atom is -0.379 e. The molecular weight excluding hydrogens is 403 g/mol. The lowest BCUT2D eigenvalue weighted by Crippen LogP contribution is -2.32. The van der Waals surface area contributed by atoms with Gasteiger partial charge in [0.25, 0.3) is 5.56 Å². The van der Waals surface area contributed by atoms with Crippen LogP contribution in [0.25, 0.3) is 10.8 Å². The van der Waals surface area contributed by atoms with Crippen LogP contribution in [-0.2, 0) is 13.1 Å². The standard InChI is InChI=1S/C26H25FN4O/c1-4-19(10-9-18(3)27)25-17(2)16-31-24(32)14-23(29-26(31)30-25)15-28-22-12-11-20-7-5-6-8-21(20)13-22/h4-14,17,28H,3,15-16H2,1-2H3/b10-9-,19-4+. The van der Waals surface area contributed by atoms with E-state index in [0.29, 0.717) is 24.7 Å². The molecule has 162 valence electrons. The van der Waals surface area contributed by atoms with Crippen LogP contribution in [0.1, 0.15) is 19.5 Å². The number of allylic oxidation sites excluding steroid dienone is 5. The zero-order valence-electron chi connectivity index (χ0n) is 18.2. The van der Waals surface area contributed by atoms with Crippen LogP contribution < -0.4 is 10.9 Å². The summed E-state index contributed by atoms with van der Waals surface area (Å²) in [4.78, 5) is 22.0. The molecule has 5 nitrogen and oxygen atoms in total. The maximum atomic E-state index is 13.1. The summed E-state index contributed by atoms with van der Waals surface area (Å²) in [6.07, 6.45) is 4.83. The van der Waals surface area contributed by atoms with Gasteiger partial charge in [0.1, 0.15) is 5.83 Å². The van der Waals surface area contributed by atoms with Gasteiger partial charge in [0.15, 0.2) is 0 Å². The summed E-state index contributed by atoms with van der Waals surface area (Å²) >= 11 is 0. The van der Waals surface area contributed by atoms with Gasteiger partial charge in [-0.1, -0.05) is 56.0 Å². The van der Waals surface area contributed by atoms with Crippen molar-refractivity contribution in [1.82, 2.24) is 9.55 Å². The third-order valence-corrected chi connectivity index (χ3v) is 5.46. The van der Waals surface area contributed by atoms with Crippen molar-refractivity contribution in [1.29, 1.82) is 0 Å². The normalized spacial score (nSPS) is 16.2. The van der Waals surface area contributed by atoms with Crippen LogP contribution in [0.5, 0.6) is 0 Å². The molecule has 1 aliphatic rings. The Morgan fingerprint density at radius 3 is 2.75 bits per heavy atom. The van der Waals surface area contributed by atoms with E-state index in [1.165, 1.54) is 11.5 Å². The van der Waals surface area contributed by atoms with E-state index in [1.807, 2.05) is 38.1 Å². The maximum absolute atomic E-state index is 13.1. The molecule has 0 saturated carbocycles. The van der Waals surface area contributed by atoms with E-state index in [0.717, 1.165) is 22.4 Å². The number of benzene rings is 2. The second kappa shape index (κ2) is 9.14. The fraction of sp³-hybridized carbons (Fsp3) is 0.192. The summed E-state index contributed by atoms with van der Waals surface area (Å²) in [7, 11) is 0. The van der Waals surface area contributed by atoms with Gasteiger partial charge < -0.3 is 5.32 Å². The lowest BCUT2D eigenvalue weighted by Gasteiger charge is -2.23. The van der Waals surface area contributed by atoms with Crippen molar-refractivity contribution < 1.29 is 4.39 Å². The number of rotatable bonds is 6. The first-order valence-corrected chi connectivity index (χ1v) is 10.6. The average molecular weight is 429 g/mol. The highest BCUT2D eigenvalue weighted by Gasteiger charge is 2.23. The summed E-state index contributed by atoms with van der Waals surface area (Å²) in [5, 5.41) is 5.65. The van der Waals surface area contributed by atoms with E-state index in [2.05, 4.69) is 46.1 Å². The van der Waals surface area contributed by atoms with Gasteiger partial charge in [0, 0.05) is 24.2 Å². The smallest absolute Gasteiger partial charge is 0.255 e. The van der Waals surface area contributed by atoms with E-state index in [-0.39, 0.29) is 11.5 Å². The highest BCUT2D eigenvalue weighted by atomic mass is 19.1. The predicted molar refractivity (Wildman–Crippen MR) is 129 cm³/mol. The Labute approximate surface area is 186 Å². The van der Waals surface area contributed by atoms with Crippen LogP contribution in [0.15, 0.2) is 94.5 Å². The molecule has 1 aromatic heterocycles. The zero-order chi connectivity index (χ0) is 22.7. The van der Waals surface area contributed by atoms with Crippen LogP contribution >= 0.6 is 0 Å². The number of fused-ring (bicyclic) bond motifs is 2. The third kappa shape index (κ3) is 4.59. The number of nitrogens with one attached hydrogen (secondary N) is 1. The SMILES string of the molecule is C=C(F)/C=C\C(=C/C)C1=Nc2nc(CNc3ccc4ccccc4c3)cc(=O)n2CC1C. The van der Waals surface area contributed by atoms with Crippen molar-refractivity contribution in [3.8, 4) is 0 Å². The highest BCUT2D eigenvalue weighted by Crippen LogP contribution is 2.24. The van der Waals surface area contributed by atoms with Gasteiger partial charge in [-0.2, -0.15) is 0 Å². The Morgan fingerprint density at radius 1 is 1.22 bits per heavy atom. The maximum Gasteiger partial charge on any atom is 0.255 e. The summed E-state index contributed by atoms with van der Waals surface area (Å²) in [5.41, 5.74) is 3.00. The van der Waals surface area contributed by atoms with Gasteiger partial charge in [-0.15, -0.1) is 0 Å². The van der Waals surface area contributed by atoms with Gasteiger partial charge in [-0.05, 0) is 41.5 Å². The molecule has 6 heteroatoms. The molecule has 0 saturated heterocycles. The number of anilines is 1. The van der Waals surface area contributed by atoms with Crippen LogP contribution in [0.4, 0.5) is 16.0 Å². The molecule has 1 unspecified atom stereocenters. The number of aromatic nitrogens is 2. The molecule has 0 amide bonds. The summed E-state index contributed by atoms with van der Waals surface area (Å²) in [5.74, 6) is -0.162. The molecule has 1 N–H and O–H groups in total. The third-order valence-electron chi connectivity index (χ3n) is 5.46. The molecule has 0 fully saturated rings. The molecule has 0 bridgehead atoms. The van der Waals surface area contributed by atoms with Crippen LogP contribution in [0.3, 0.4) is 0 Å². The Hall–Kier alpha value is -3.80. The van der Waals surface area contributed by atoms with Crippen molar-refractivity contribution in [3.63, 3.8) is 0 Å². The lowest BCUT2D eigenvalue weighted by atomic mass is 9.96. The van der Waals surface area contributed by atoms with E-state index < -0.39 is 5.83 Å². The summed E-state index contributed by atoms with van der Waals surface area (Å²) in [6, 6.07) is 15.8. The van der Waals surface area contributed by atoms with Crippen molar-refractivity contribution in [2.24, 2.45) is 10.9 Å². The molecule has 4 rings (SSSR count). The molecular formula is C26H25FN4O. The van der Waals surface area contributed by atoms with Crippen LogP contribution in [0, 0.1) is 5.92 Å². The van der Waals surface area contributed by atoms with Crippen molar-refractivity contribution in [2.75, 3.05) is 5.32 Å². The first-order chi connectivity index (χ1) is 15.4. The van der Waals surface area contributed by atoms with Gasteiger partial charge in [0.05, 0.1) is 18.0 Å². The Kier molecular flexibility index (Phi) is 6.12. The number of hydrogen-bond donors (Lipinski definition) is 1. The Morgan fingerprint density at radius 2 is 2.00 bits per heavy atom. The molecule has 1 atom stereocenters. The average Bonchev–Trinajstić information content (AvgIpc) is 2.78. The van der Waals surface area contributed by atoms with Gasteiger partial charge in [-0.3, -0.25) is 9.36 Å². The second-order valence-corrected chi connectivity index (χ2v) is 7.83. The predicted octanol–water partition coefficient (Wildman–Crippen LogP) is 5.72. The van der Waals surface area contributed by atoms with Crippen LogP contribution in [0.2, 0.25) is 0 Å². The minimum atomic E-state index is -0.523. The van der Waals surface area contributed by atoms with Crippen molar-refractivity contribution >= 4 is 28.1 Å². The minimum absolute atomic E-state index is 0.00713. The van der Waals surface area contributed by atoms with E-state index in [1.54, 1.807) is 16.7 Å². The number of aliphatic imine (C=N–C) groups is 1. The largest absolute Gasteiger partial charge is 0.379 e. The first-order valence-electron chi connectivity index (χ1n) is 10.6. The monoisotopic (exact) mass is 428 g/mol. The molecule has 0 radical (unpaired) electrons. The molecule has 3 aromatic rings. The molecule has 0 spiro atoms. The number of halogens is 1. The first kappa shape index (κ1) is 21.4. The molecule has 2 aromatic carbocycles. The zero-order valence-corrected chi connectivity index (χ0v) is 18.2. The van der Waals surface area contributed by atoms with Gasteiger partial charge in [-0.25, -0.2) is 14.4 Å². The van der Waals surface area contributed by atoms with Crippen molar-refractivity contribution in [3.05, 3.63) is 101 Å². The van der Waals surface area contributed by atoms with Gasteiger partial charge in [0.2, 0.25) is 5.95 Å². The van der Waals surface area contributed by atoms with Gasteiger partial charge >= 0.3 is 0 Å². The molecule has 32 heavy (non-hydrogen) atoms. The van der Waals surface area contributed by atoms with Crippen molar-refractivity contribution in [2.45, 2.75) is 26.9 Å². The molecule has 1 aliphatic heterocycles. The Bertz CT molecular complexity index is 1330. The topological polar surface area (TPSA) is 59.3 Å². The highest BCUT2D eigenvalue weighted by molar-refractivity contribution is 6.05. The molecule has 0 aliphatic carbocycles. The fourth-order valence-corrected chi connectivity index (χ4v) is 3.82. The Balaban J connectivity index is 1.61.